The standard InChI is InChI=1S/C19H23Cl2N3O5S2/c1-19(2,3)29-18(26)22-8-7-15(25)23-17-24(12-6-4-5-11(20)16(12)21)13-9-31(27,28)10-14(13)30-17/h4-6,13-14H,7-10H2,1-3H3,(H,22,26)/t13-,14+/m1/s1. The number of benzene rings is 1. The fourth-order valence-electron chi connectivity index (χ4n) is 3.27. The average molecular weight is 508 g/mol. The molecule has 2 saturated heterocycles. The van der Waals surface area contributed by atoms with Gasteiger partial charge < -0.3 is 15.0 Å². The lowest BCUT2D eigenvalue weighted by Crippen LogP contribution is -2.38. The number of hydrogen-bond acceptors (Lipinski definition) is 6. The summed E-state index contributed by atoms with van der Waals surface area (Å²) in [5.41, 5.74) is -0.131. The Morgan fingerprint density at radius 2 is 2.00 bits per heavy atom. The highest BCUT2D eigenvalue weighted by Gasteiger charge is 2.49. The molecule has 0 saturated carbocycles. The van der Waals surface area contributed by atoms with Crippen LogP contribution in [0, 0.1) is 0 Å². The number of nitrogens with one attached hydrogen (secondary N) is 1. The smallest absolute Gasteiger partial charge is 0.407 e. The molecule has 2 fully saturated rings. The SMILES string of the molecule is CC(C)(C)OC(=O)NCCC(=O)N=C1S[C@H]2CS(=O)(=O)C[C@H]2N1c1cccc(Cl)c1Cl. The summed E-state index contributed by atoms with van der Waals surface area (Å²) >= 11 is 13.8. The maximum absolute atomic E-state index is 12.4. The van der Waals surface area contributed by atoms with Gasteiger partial charge in [0.15, 0.2) is 15.0 Å². The molecule has 3 rings (SSSR count). The Labute approximate surface area is 195 Å². The van der Waals surface area contributed by atoms with Crippen molar-refractivity contribution in [2.75, 3.05) is 23.0 Å². The Morgan fingerprint density at radius 1 is 1.29 bits per heavy atom. The third-order valence-corrected chi connectivity index (χ3v) is 8.50. The molecule has 170 valence electrons. The number of carbonyl (C=O) groups is 2. The summed E-state index contributed by atoms with van der Waals surface area (Å²) in [6, 6.07) is 4.66. The quantitative estimate of drug-likeness (QED) is 0.664. The molecule has 0 bridgehead atoms. The van der Waals surface area contributed by atoms with E-state index in [2.05, 4.69) is 10.3 Å². The molecule has 2 aliphatic heterocycles. The van der Waals surface area contributed by atoms with Crippen molar-refractivity contribution in [2.24, 2.45) is 4.99 Å². The van der Waals surface area contributed by atoms with Gasteiger partial charge in [-0.05, 0) is 32.9 Å². The topological polar surface area (TPSA) is 105 Å². The summed E-state index contributed by atoms with van der Waals surface area (Å²) in [6.07, 6.45) is -0.649. The molecule has 2 atom stereocenters. The van der Waals surface area contributed by atoms with Gasteiger partial charge in [0.2, 0.25) is 5.91 Å². The molecular weight excluding hydrogens is 485 g/mol. The fourth-order valence-corrected chi connectivity index (χ4v) is 7.58. The van der Waals surface area contributed by atoms with Gasteiger partial charge in [0.05, 0.1) is 33.3 Å². The van der Waals surface area contributed by atoms with Crippen molar-refractivity contribution in [3.05, 3.63) is 28.2 Å². The van der Waals surface area contributed by atoms with E-state index >= 15 is 0 Å². The number of hydrogen-bond donors (Lipinski definition) is 1. The lowest BCUT2D eigenvalue weighted by atomic mass is 10.2. The first-order valence-corrected chi connectivity index (χ1v) is 13.0. The third kappa shape index (κ3) is 6.06. The number of aliphatic imine (C=N–C) groups is 1. The van der Waals surface area contributed by atoms with Crippen LogP contribution in [-0.2, 0) is 19.4 Å². The Hall–Kier alpha value is -1.49. The second-order valence-electron chi connectivity index (χ2n) is 8.21. The van der Waals surface area contributed by atoms with Crippen LogP contribution >= 0.6 is 35.0 Å². The van der Waals surface area contributed by atoms with Crippen LogP contribution in [0.5, 0.6) is 0 Å². The number of anilines is 1. The Balaban J connectivity index is 1.76. The molecule has 2 heterocycles. The minimum Gasteiger partial charge on any atom is -0.444 e. The van der Waals surface area contributed by atoms with Gasteiger partial charge in [0, 0.05) is 18.2 Å². The zero-order valence-electron chi connectivity index (χ0n) is 17.2. The van der Waals surface area contributed by atoms with Crippen molar-refractivity contribution in [3.8, 4) is 0 Å². The number of carbonyl (C=O) groups excluding carboxylic acids is 2. The Kier molecular flexibility index (Phi) is 7.15. The van der Waals surface area contributed by atoms with E-state index in [4.69, 9.17) is 27.9 Å². The zero-order chi connectivity index (χ0) is 23.0. The molecule has 0 unspecified atom stereocenters. The van der Waals surface area contributed by atoms with Crippen molar-refractivity contribution in [1.82, 2.24) is 5.32 Å². The molecule has 1 aromatic rings. The molecule has 0 spiro atoms. The predicted octanol–water partition coefficient (Wildman–Crippen LogP) is 3.51. The third-order valence-electron chi connectivity index (χ3n) is 4.48. The van der Waals surface area contributed by atoms with E-state index in [-0.39, 0.29) is 34.7 Å². The van der Waals surface area contributed by atoms with E-state index in [0.29, 0.717) is 15.9 Å². The average Bonchev–Trinajstić information content (AvgIpc) is 3.07. The van der Waals surface area contributed by atoms with Crippen molar-refractivity contribution < 1.29 is 22.7 Å². The number of amides is 2. The maximum Gasteiger partial charge on any atom is 0.407 e. The lowest BCUT2D eigenvalue weighted by molar-refractivity contribution is -0.117. The number of thioether (sulfide) groups is 1. The first-order valence-electron chi connectivity index (χ1n) is 9.55. The van der Waals surface area contributed by atoms with Crippen LogP contribution in [0.4, 0.5) is 10.5 Å². The maximum atomic E-state index is 12.4. The number of sulfone groups is 1. The number of fused-ring (bicyclic) bond motifs is 1. The highest BCUT2D eigenvalue weighted by atomic mass is 35.5. The highest BCUT2D eigenvalue weighted by molar-refractivity contribution is 8.16. The Bertz CT molecular complexity index is 1020. The van der Waals surface area contributed by atoms with Crippen LogP contribution < -0.4 is 10.2 Å². The van der Waals surface area contributed by atoms with Gasteiger partial charge in [-0.2, -0.15) is 4.99 Å². The molecule has 1 N–H and O–H groups in total. The number of ether oxygens (including phenoxy) is 1. The molecule has 0 radical (unpaired) electrons. The zero-order valence-corrected chi connectivity index (χ0v) is 20.4. The lowest BCUT2D eigenvalue weighted by Gasteiger charge is -2.25. The number of alkyl carbamates (subject to hydrolysis) is 1. The minimum absolute atomic E-state index is 0.00439. The van der Waals surface area contributed by atoms with Crippen molar-refractivity contribution >= 4 is 67.7 Å². The summed E-state index contributed by atoms with van der Waals surface area (Å²) in [4.78, 5) is 30.0. The molecule has 2 amide bonds. The van der Waals surface area contributed by atoms with Crippen molar-refractivity contribution in [2.45, 2.75) is 44.1 Å². The van der Waals surface area contributed by atoms with Crippen LogP contribution in [0.25, 0.3) is 0 Å². The van der Waals surface area contributed by atoms with E-state index in [9.17, 15) is 18.0 Å². The second kappa shape index (κ2) is 9.17. The van der Waals surface area contributed by atoms with E-state index in [1.54, 1.807) is 43.9 Å². The van der Waals surface area contributed by atoms with Gasteiger partial charge in [0.25, 0.3) is 0 Å². The molecule has 0 aliphatic carbocycles. The monoisotopic (exact) mass is 507 g/mol. The van der Waals surface area contributed by atoms with Gasteiger partial charge in [-0.1, -0.05) is 41.0 Å². The van der Waals surface area contributed by atoms with E-state index < -0.39 is 33.5 Å². The largest absolute Gasteiger partial charge is 0.444 e. The fraction of sp³-hybridized carbons (Fsp3) is 0.526. The minimum atomic E-state index is -3.20. The van der Waals surface area contributed by atoms with Gasteiger partial charge in [-0.25, -0.2) is 13.2 Å². The second-order valence-corrected chi connectivity index (χ2v) is 12.4. The molecule has 2 aliphatic rings. The van der Waals surface area contributed by atoms with E-state index in [1.807, 2.05) is 0 Å². The van der Waals surface area contributed by atoms with Gasteiger partial charge >= 0.3 is 6.09 Å². The number of amidine groups is 1. The number of nitrogens with zero attached hydrogens (tertiary/aromatic N) is 2. The van der Waals surface area contributed by atoms with E-state index in [1.165, 1.54) is 11.8 Å². The van der Waals surface area contributed by atoms with Crippen molar-refractivity contribution in [1.29, 1.82) is 0 Å². The summed E-state index contributed by atoms with van der Waals surface area (Å²) in [7, 11) is -3.20. The van der Waals surface area contributed by atoms with Crippen LogP contribution in [0.15, 0.2) is 23.2 Å². The summed E-state index contributed by atoms with van der Waals surface area (Å²) in [5, 5.41) is 3.21. The first-order chi connectivity index (χ1) is 14.4. The van der Waals surface area contributed by atoms with Crippen molar-refractivity contribution in [3.63, 3.8) is 0 Å². The predicted molar refractivity (Wildman–Crippen MR) is 124 cm³/mol. The van der Waals surface area contributed by atoms with Crippen LogP contribution in [0.1, 0.15) is 27.2 Å². The van der Waals surface area contributed by atoms with Crippen LogP contribution in [-0.4, -0.2) is 60.5 Å². The molecule has 8 nitrogen and oxygen atoms in total. The first kappa shape index (κ1) is 24.2. The number of halogens is 2. The number of rotatable bonds is 4. The van der Waals surface area contributed by atoms with Gasteiger partial charge in [0.1, 0.15) is 5.60 Å². The van der Waals surface area contributed by atoms with Gasteiger partial charge in [-0.3, -0.25) is 4.79 Å². The Morgan fingerprint density at radius 3 is 2.68 bits per heavy atom. The van der Waals surface area contributed by atoms with Crippen LogP contribution in [0.3, 0.4) is 0 Å². The van der Waals surface area contributed by atoms with Crippen LogP contribution in [0.2, 0.25) is 10.0 Å². The summed E-state index contributed by atoms with van der Waals surface area (Å²) in [5.74, 6) is -0.504. The molecule has 0 aromatic heterocycles. The highest BCUT2D eigenvalue weighted by Crippen LogP contribution is 2.44. The molecular formula is C19H23Cl2N3O5S2. The normalized spacial score (nSPS) is 23.6. The molecule has 31 heavy (non-hydrogen) atoms. The molecule has 12 heteroatoms. The van der Waals surface area contributed by atoms with Gasteiger partial charge in [-0.15, -0.1) is 0 Å². The van der Waals surface area contributed by atoms with E-state index in [0.717, 1.165) is 0 Å². The summed E-state index contributed by atoms with van der Waals surface area (Å²) in [6.45, 7) is 5.29. The molecule has 1 aromatic carbocycles. The summed E-state index contributed by atoms with van der Waals surface area (Å²) < 4.78 is 29.4.